The lowest BCUT2D eigenvalue weighted by molar-refractivity contribution is -0.117. The van der Waals surface area contributed by atoms with Crippen LogP contribution in [0.1, 0.15) is 32.0 Å². The molecule has 112 valence electrons. The maximum atomic E-state index is 10.8. The van der Waals surface area contributed by atoms with Gasteiger partial charge in [0.1, 0.15) is 5.69 Å². The van der Waals surface area contributed by atoms with Crippen LogP contribution in [-0.4, -0.2) is 20.9 Å². The first-order valence-corrected chi connectivity index (χ1v) is 6.87. The minimum absolute atomic E-state index is 0.0678. The fourth-order valence-corrected chi connectivity index (χ4v) is 1.84. The third-order valence-corrected chi connectivity index (χ3v) is 3.03. The van der Waals surface area contributed by atoms with Gasteiger partial charge < -0.3 is 11.1 Å². The minimum atomic E-state index is -0.325. The number of rotatable bonds is 5. The molecule has 0 aliphatic heterocycles. The second kappa shape index (κ2) is 5.95. The number of nitrogens with zero attached hydrogens (tertiary/aromatic N) is 3. The molecular weight excluding hydrogens is 266 g/mol. The molecule has 0 bridgehead atoms. The van der Waals surface area contributed by atoms with Gasteiger partial charge >= 0.3 is 0 Å². The molecule has 0 unspecified atom stereocenters. The highest BCUT2D eigenvalue weighted by Crippen LogP contribution is 2.14. The highest BCUT2D eigenvalue weighted by molar-refractivity contribution is 5.76. The average Bonchev–Trinajstić information content (AvgIpc) is 2.86. The monoisotopic (exact) mass is 287 g/mol. The molecular formula is C15H21N5O. The first-order valence-electron chi connectivity index (χ1n) is 6.87. The molecule has 0 aliphatic rings. The van der Waals surface area contributed by atoms with E-state index in [0.29, 0.717) is 6.54 Å². The first-order chi connectivity index (χ1) is 9.84. The minimum Gasteiger partial charge on any atom is -0.379 e. The van der Waals surface area contributed by atoms with Crippen LogP contribution in [0.4, 0.5) is 5.69 Å². The predicted molar refractivity (Wildman–Crippen MR) is 81.7 cm³/mol. The zero-order valence-electron chi connectivity index (χ0n) is 12.6. The molecule has 3 N–H and O–H groups in total. The van der Waals surface area contributed by atoms with Gasteiger partial charge in [-0.1, -0.05) is 17.3 Å². The van der Waals surface area contributed by atoms with Crippen LogP contribution in [0.2, 0.25) is 0 Å². The van der Waals surface area contributed by atoms with Gasteiger partial charge in [-0.2, -0.15) is 0 Å². The molecule has 1 aromatic heterocycles. The molecule has 1 aromatic carbocycles. The highest BCUT2D eigenvalue weighted by Gasteiger charge is 2.14. The Labute approximate surface area is 124 Å². The number of amides is 1. The molecule has 2 aromatic rings. The van der Waals surface area contributed by atoms with E-state index in [4.69, 9.17) is 5.73 Å². The lowest BCUT2D eigenvalue weighted by Crippen LogP contribution is -2.22. The van der Waals surface area contributed by atoms with Crippen molar-refractivity contribution in [2.45, 2.75) is 39.3 Å². The van der Waals surface area contributed by atoms with E-state index < -0.39 is 0 Å². The fraction of sp³-hybridized carbons (Fsp3) is 0.400. The van der Waals surface area contributed by atoms with Gasteiger partial charge in [0.25, 0.3) is 0 Å². The number of anilines is 1. The van der Waals surface area contributed by atoms with Gasteiger partial charge in [0.05, 0.1) is 24.7 Å². The number of nitrogens with two attached hydrogens (primary N) is 1. The summed E-state index contributed by atoms with van der Waals surface area (Å²) in [7, 11) is 0. The molecule has 0 aliphatic carbocycles. The largest absolute Gasteiger partial charge is 0.379 e. The van der Waals surface area contributed by atoms with E-state index in [-0.39, 0.29) is 17.9 Å². The number of nitrogens with one attached hydrogen (secondary N) is 1. The van der Waals surface area contributed by atoms with E-state index in [2.05, 4.69) is 36.4 Å². The van der Waals surface area contributed by atoms with Gasteiger partial charge in [0, 0.05) is 5.69 Å². The normalized spacial score (nSPS) is 11.4. The molecule has 21 heavy (non-hydrogen) atoms. The average molecular weight is 287 g/mol. The van der Waals surface area contributed by atoms with Crippen molar-refractivity contribution < 1.29 is 4.79 Å². The van der Waals surface area contributed by atoms with E-state index in [0.717, 1.165) is 16.9 Å². The summed E-state index contributed by atoms with van der Waals surface area (Å²) in [6, 6.07) is 7.62. The Morgan fingerprint density at radius 1 is 1.29 bits per heavy atom. The van der Waals surface area contributed by atoms with Gasteiger partial charge in [-0.25, -0.2) is 4.68 Å². The fourth-order valence-electron chi connectivity index (χ4n) is 1.84. The summed E-state index contributed by atoms with van der Waals surface area (Å²) < 4.78 is 1.85. The highest BCUT2D eigenvalue weighted by atomic mass is 16.1. The van der Waals surface area contributed by atoms with Crippen LogP contribution in [0.3, 0.4) is 0 Å². The third-order valence-electron chi connectivity index (χ3n) is 3.03. The standard InChI is InChI=1S/C15H21N5O/c1-15(2,3)20-10-13(18-19-20)9-17-12-6-4-11(5-7-12)8-14(16)21/h4-7,10,17H,8-9H2,1-3H3,(H2,16,21). The maximum Gasteiger partial charge on any atom is 0.221 e. The Morgan fingerprint density at radius 3 is 2.48 bits per heavy atom. The number of aromatic nitrogens is 3. The van der Waals surface area contributed by atoms with Crippen molar-refractivity contribution in [2.75, 3.05) is 5.32 Å². The van der Waals surface area contributed by atoms with E-state index >= 15 is 0 Å². The molecule has 0 saturated heterocycles. The van der Waals surface area contributed by atoms with Crippen LogP contribution in [0.5, 0.6) is 0 Å². The lowest BCUT2D eigenvalue weighted by Gasteiger charge is -2.17. The van der Waals surface area contributed by atoms with Crippen LogP contribution in [0, 0.1) is 0 Å². The quantitative estimate of drug-likeness (QED) is 0.876. The molecule has 1 heterocycles. The van der Waals surface area contributed by atoms with E-state index in [1.54, 1.807) is 0 Å². The molecule has 6 heteroatoms. The lowest BCUT2D eigenvalue weighted by atomic mass is 10.1. The SMILES string of the molecule is CC(C)(C)n1cc(CNc2ccc(CC(N)=O)cc2)nn1. The van der Waals surface area contributed by atoms with Crippen molar-refractivity contribution in [3.05, 3.63) is 41.7 Å². The molecule has 0 spiro atoms. The summed E-state index contributed by atoms with van der Waals surface area (Å²) >= 11 is 0. The predicted octanol–water partition coefficient (Wildman–Crippen LogP) is 1.67. The molecule has 2 rings (SSSR count). The van der Waals surface area contributed by atoms with Crippen LogP contribution in [-0.2, 0) is 23.3 Å². The number of carbonyl (C=O) groups excluding carboxylic acids is 1. The zero-order chi connectivity index (χ0) is 15.5. The second-order valence-electron chi connectivity index (χ2n) is 6.02. The van der Waals surface area contributed by atoms with Crippen molar-refractivity contribution in [1.29, 1.82) is 0 Å². The Hall–Kier alpha value is -2.37. The number of hydrogen-bond donors (Lipinski definition) is 2. The summed E-state index contributed by atoms with van der Waals surface area (Å²) in [6.45, 7) is 6.84. The molecule has 6 nitrogen and oxygen atoms in total. The van der Waals surface area contributed by atoms with Crippen LogP contribution < -0.4 is 11.1 Å². The molecule has 0 saturated carbocycles. The van der Waals surface area contributed by atoms with Crippen molar-refractivity contribution in [2.24, 2.45) is 5.73 Å². The summed E-state index contributed by atoms with van der Waals surface area (Å²) in [5, 5.41) is 11.5. The van der Waals surface area contributed by atoms with Gasteiger partial charge in [-0.3, -0.25) is 4.79 Å². The van der Waals surface area contributed by atoms with Gasteiger partial charge in [0.2, 0.25) is 5.91 Å². The second-order valence-corrected chi connectivity index (χ2v) is 6.02. The Bertz CT molecular complexity index is 610. The number of primary amides is 1. The topological polar surface area (TPSA) is 85.8 Å². The Morgan fingerprint density at radius 2 is 1.95 bits per heavy atom. The molecule has 0 atom stereocenters. The summed E-state index contributed by atoms with van der Waals surface area (Å²) in [5.74, 6) is -0.325. The van der Waals surface area contributed by atoms with E-state index in [1.807, 2.05) is 35.1 Å². The van der Waals surface area contributed by atoms with E-state index in [9.17, 15) is 4.79 Å². The smallest absolute Gasteiger partial charge is 0.221 e. The summed E-state index contributed by atoms with van der Waals surface area (Å²) in [5.41, 5.74) is 7.85. The van der Waals surface area contributed by atoms with Gasteiger partial charge in [-0.05, 0) is 38.5 Å². The summed E-state index contributed by atoms with van der Waals surface area (Å²) in [4.78, 5) is 10.8. The van der Waals surface area contributed by atoms with Crippen molar-refractivity contribution >= 4 is 11.6 Å². The van der Waals surface area contributed by atoms with Crippen LogP contribution >= 0.6 is 0 Å². The maximum absolute atomic E-state index is 10.8. The van der Waals surface area contributed by atoms with Crippen LogP contribution in [0.25, 0.3) is 0 Å². The zero-order valence-corrected chi connectivity index (χ0v) is 12.6. The van der Waals surface area contributed by atoms with Crippen molar-refractivity contribution in [3.63, 3.8) is 0 Å². The molecule has 0 radical (unpaired) electrons. The Kier molecular flexibility index (Phi) is 4.26. The van der Waals surface area contributed by atoms with Gasteiger partial charge in [0.15, 0.2) is 0 Å². The molecule has 0 fully saturated rings. The summed E-state index contributed by atoms with van der Waals surface area (Å²) in [6.07, 6.45) is 2.20. The van der Waals surface area contributed by atoms with Gasteiger partial charge in [-0.15, -0.1) is 5.10 Å². The van der Waals surface area contributed by atoms with E-state index in [1.165, 1.54) is 0 Å². The Balaban J connectivity index is 1.94. The number of hydrogen-bond acceptors (Lipinski definition) is 4. The van der Waals surface area contributed by atoms with Crippen molar-refractivity contribution in [3.8, 4) is 0 Å². The van der Waals surface area contributed by atoms with Crippen molar-refractivity contribution in [1.82, 2.24) is 15.0 Å². The van der Waals surface area contributed by atoms with Crippen LogP contribution in [0.15, 0.2) is 30.5 Å². The molecule has 1 amide bonds. The first kappa shape index (κ1) is 15.0. The number of carbonyl (C=O) groups is 1. The number of benzene rings is 1. The third kappa shape index (κ3) is 4.30.